The van der Waals surface area contributed by atoms with Crippen LogP contribution in [0.1, 0.15) is 0 Å². The Morgan fingerprint density at radius 1 is 0.895 bits per heavy atom. The summed E-state index contributed by atoms with van der Waals surface area (Å²) in [6.07, 6.45) is 0. The van der Waals surface area contributed by atoms with Crippen LogP contribution >= 0.6 is 0 Å². The van der Waals surface area contributed by atoms with E-state index in [1.54, 1.807) is 0 Å². The van der Waals surface area contributed by atoms with Gasteiger partial charge in [0.2, 0.25) is 0 Å². The predicted octanol–water partition coefficient (Wildman–Crippen LogP) is 1.47. The lowest BCUT2D eigenvalue weighted by atomic mass is 10.1. The quantitative estimate of drug-likeness (QED) is 0.813. The summed E-state index contributed by atoms with van der Waals surface area (Å²) < 4.78 is 76.5. The van der Waals surface area contributed by atoms with Gasteiger partial charge in [0.1, 0.15) is 10.7 Å². The molecule has 0 bridgehead atoms. The number of benzene rings is 2. The fraction of sp³-hybridized carbons (Fsp3) is 0. The van der Waals surface area contributed by atoms with Crippen LogP contribution in [0.3, 0.4) is 0 Å². The highest BCUT2D eigenvalue weighted by Gasteiger charge is 2.30. The monoisotopic (exact) mass is 306 g/mol. The second-order valence-corrected chi connectivity index (χ2v) is 6.40. The second kappa shape index (κ2) is 4.23. The molecule has 0 aliphatic heterocycles. The first-order chi connectivity index (χ1) is 8.62. The average molecular weight is 306 g/mol. The first kappa shape index (κ1) is 13.9. The van der Waals surface area contributed by atoms with Crippen molar-refractivity contribution in [3.63, 3.8) is 0 Å². The van der Waals surface area contributed by atoms with E-state index in [9.17, 15) is 21.2 Å². The molecular formula is C10H7FO6S2. The van der Waals surface area contributed by atoms with Crippen molar-refractivity contribution >= 4 is 31.0 Å². The number of halogens is 1. The Morgan fingerprint density at radius 3 is 1.95 bits per heavy atom. The molecule has 102 valence electrons. The summed E-state index contributed by atoms with van der Waals surface area (Å²) in [4.78, 5) is -2.64. The molecule has 0 aliphatic carbocycles. The third-order valence-corrected chi connectivity index (χ3v) is 4.41. The van der Waals surface area contributed by atoms with Gasteiger partial charge >= 0.3 is 0 Å². The topological polar surface area (TPSA) is 109 Å². The van der Waals surface area contributed by atoms with Gasteiger partial charge in [0.15, 0.2) is 4.90 Å². The minimum absolute atomic E-state index is 0.0695. The van der Waals surface area contributed by atoms with Crippen LogP contribution in [0, 0.1) is 5.82 Å². The summed E-state index contributed by atoms with van der Waals surface area (Å²) in [5.41, 5.74) is 0. The van der Waals surface area contributed by atoms with Crippen molar-refractivity contribution in [2.75, 3.05) is 0 Å². The SMILES string of the molecule is O=S(=O)(O)c1c(F)cc2ccccc2c1S(=O)(=O)O. The molecule has 2 rings (SSSR count). The maximum Gasteiger partial charge on any atom is 0.298 e. The lowest BCUT2D eigenvalue weighted by Crippen LogP contribution is -2.11. The summed E-state index contributed by atoms with van der Waals surface area (Å²) in [5.74, 6) is -1.46. The van der Waals surface area contributed by atoms with Crippen molar-refractivity contribution in [3.05, 3.63) is 36.1 Å². The fourth-order valence-corrected chi connectivity index (χ4v) is 3.84. The van der Waals surface area contributed by atoms with Gasteiger partial charge in [-0.15, -0.1) is 0 Å². The number of hydrogen-bond acceptors (Lipinski definition) is 4. The number of rotatable bonds is 2. The minimum Gasteiger partial charge on any atom is -0.282 e. The predicted molar refractivity (Wildman–Crippen MR) is 63.5 cm³/mol. The van der Waals surface area contributed by atoms with E-state index in [1.807, 2.05) is 0 Å². The average Bonchev–Trinajstić information content (AvgIpc) is 2.24. The lowest BCUT2D eigenvalue weighted by molar-refractivity contribution is 0.457. The standard InChI is InChI=1S/C10H7FO6S2/c11-8-5-6-3-1-2-4-7(6)9(18(12,13)14)10(8)19(15,16)17/h1-5H,(H,12,13,14)(H,15,16,17). The molecule has 0 atom stereocenters. The molecule has 0 radical (unpaired) electrons. The summed E-state index contributed by atoms with van der Waals surface area (Å²) in [5, 5.41) is -0.140. The lowest BCUT2D eigenvalue weighted by Gasteiger charge is -2.09. The van der Waals surface area contributed by atoms with E-state index in [-0.39, 0.29) is 10.8 Å². The van der Waals surface area contributed by atoms with Crippen LogP contribution in [-0.2, 0) is 20.2 Å². The van der Waals surface area contributed by atoms with Gasteiger partial charge in [0, 0.05) is 5.39 Å². The Morgan fingerprint density at radius 2 is 1.42 bits per heavy atom. The van der Waals surface area contributed by atoms with Crippen LogP contribution in [0.25, 0.3) is 10.8 Å². The molecule has 2 aromatic carbocycles. The van der Waals surface area contributed by atoms with E-state index < -0.39 is 35.8 Å². The molecule has 2 N–H and O–H groups in total. The molecule has 0 spiro atoms. The molecule has 0 amide bonds. The van der Waals surface area contributed by atoms with Crippen LogP contribution in [0.4, 0.5) is 4.39 Å². The summed E-state index contributed by atoms with van der Waals surface area (Å²) in [6, 6.07) is 6.13. The normalized spacial score (nSPS) is 12.8. The van der Waals surface area contributed by atoms with Crippen molar-refractivity contribution in [2.24, 2.45) is 0 Å². The van der Waals surface area contributed by atoms with Crippen molar-refractivity contribution in [1.29, 1.82) is 0 Å². The summed E-state index contributed by atoms with van der Waals surface area (Å²) in [7, 11) is -10.2. The molecule has 9 heteroatoms. The van der Waals surface area contributed by atoms with Crippen molar-refractivity contribution in [3.8, 4) is 0 Å². The first-order valence-electron chi connectivity index (χ1n) is 4.78. The molecule has 0 saturated carbocycles. The Balaban J connectivity index is 3.18. The molecule has 2 aromatic rings. The largest absolute Gasteiger partial charge is 0.298 e. The zero-order valence-electron chi connectivity index (χ0n) is 9.11. The zero-order chi connectivity index (χ0) is 14.4. The second-order valence-electron chi connectivity index (χ2n) is 3.69. The van der Waals surface area contributed by atoms with Gasteiger partial charge in [0.25, 0.3) is 20.2 Å². The molecule has 19 heavy (non-hydrogen) atoms. The Labute approximate surface area is 108 Å². The maximum absolute atomic E-state index is 13.7. The van der Waals surface area contributed by atoms with Crippen molar-refractivity contribution in [2.45, 2.75) is 9.79 Å². The van der Waals surface area contributed by atoms with Gasteiger partial charge in [-0.25, -0.2) is 4.39 Å². The highest BCUT2D eigenvalue weighted by molar-refractivity contribution is 7.89. The highest BCUT2D eigenvalue weighted by atomic mass is 32.2. The fourth-order valence-electron chi connectivity index (χ4n) is 1.76. The van der Waals surface area contributed by atoms with Gasteiger partial charge in [-0.2, -0.15) is 16.8 Å². The maximum atomic E-state index is 13.7. The van der Waals surface area contributed by atoms with E-state index in [2.05, 4.69) is 0 Å². The Hall–Kier alpha value is -1.55. The molecule has 0 saturated heterocycles. The van der Waals surface area contributed by atoms with Crippen LogP contribution in [0.5, 0.6) is 0 Å². The van der Waals surface area contributed by atoms with Gasteiger partial charge in [-0.05, 0) is 11.5 Å². The molecule has 0 aliphatic rings. The smallest absolute Gasteiger partial charge is 0.282 e. The van der Waals surface area contributed by atoms with Gasteiger partial charge in [-0.1, -0.05) is 24.3 Å². The third-order valence-electron chi connectivity index (χ3n) is 2.43. The minimum atomic E-state index is -5.15. The van der Waals surface area contributed by atoms with Crippen LogP contribution in [-0.4, -0.2) is 25.9 Å². The van der Waals surface area contributed by atoms with E-state index in [4.69, 9.17) is 9.11 Å². The van der Waals surface area contributed by atoms with E-state index >= 15 is 0 Å². The highest BCUT2D eigenvalue weighted by Crippen LogP contribution is 2.32. The van der Waals surface area contributed by atoms with Crippen LogP contribution in [0.15, 0.2) is 40.1 Å². The molecular weight excluding hydrogens is 299 g/mol. The third kappa shape index (κ3) is 2.45. The van der Waals surface area contributed by atoms with Crippen LogP contribution < -0.4 is 0 Å². The molecule has 0 unspecified atom stereocenters. The van der Waals surface area contributed by atoms with E-state index in [1.165, 1.54) is 24.3 Å². The zero-order valence-corrected chi connectivity index (χ0v) is 10.7. The summed E-state index contributed by atoms with van der Waals surface area (Å²) in [6.45, 7) is 0. The molecule has 0 heterocycles. The van der Waals surface area contributed by atoms with E-state index in [0.29, 0.717) is 0 Å². The van der Waals surface area contributed by atoms with Gasteiger partial charge < -0.3 is 0 Å². The van der Waals surface area contributed by atoms with Crippen LogP contribution in [0.2, 0.25) is 0 Å². The first-order valence-corrected chi connectivity index (χ1v) is 7.66. The summed E-state index contributed by atoms with van der Waals surface area (Å²) >= 11 is 0. The molecule has 6 nitrogen and oxygen atoms in total. The molecule has 0 aromatic heterocycles. The Bertz CT molecular complexity index is 870. The number of hydrogen-bond donors (Lipinski definition) is 2. The number of fused-ring (bicyclic) bond motifs is 1. The van der Waals surface area contributed by atoms with Crippen molar-refractivity contribution < 1.29 is 30.3 Å². The van der Waals surface area contributed by atoms with E-state index in [0.717, 1.165) is 6.07 Å². The van der Waals surface area contributed by atoms with Gasteiger partial charge in [-0.3, -0.25) is 9.11 Å². The van der Waals surface area contributed by atoms with Crippen molar-refractivity contribution in [1.82, 2.24) is 0 Å². The molecule has 0 fully saturated rings. The Kier molecular flexibility index (Phi) is 3.09. The van der Waals surface area contributed by atoms with Gasteiger partial charge in [0.05, 0.1) is 0 Å².